The standard InChI is InChI=1S/C100H60Si/c1-13-37-81-65(25-1)66-26-2-14-38-82(66)97(81)89-45-21-9-33-73(89)77-53-49-61(57-93(77)97)101(62-50-54-78-74-34-10-22-46-90(74)98(94(78)58-62)83-39-15-3-27-67(83)68-28-4-16-40-84(68)98,63-51-55-79-75-35-11-23-47-91(75)99(95(79)59-63)85-41-17-5-29-69(85)70-30-6-18-42-86(70)99)64-52-56-80-76-36-12-24-48-92(76)100(96(80)60-64)87-43-19-7-31-71(87)72-32-8-20-44-88(72)100/h1-60H. The summed E-state index contributed by atoms with van der Waals surface area (Å²) in [5.41, 5.74) is 40.0. The number of hydrogen-bond donors (Lipinski definition) is 0. The molecule has 0 heterocycles. The average molecular weight is 1290 g/mol. The first-order valence-corrected chi connectivity index (χ1v) is 37.9. The van der Waals surface area contributed by atoms with E-state index < -0.39 is 29.7 Å². The first kappa shape index (κ1) is 54.7. The molecule has 0 amide bonds. The lowest BCUT2D eigenvalue weighted by molar-refractivity contribution is 0.793. The van der Waals surface area contributed by atoms with Gasteiger partial charge in [-0.15, -0.1) is 0 Å². The maximum absolute atomic E-state index is 3.89. The number of hydrogen-bond acceptors (Lipinski definition) is 0. The van der Waals surface area contributed by atoms with E-state index in [9.17, 15) is 0 Å². The molecule has 0 aliphatic heterocycles. The fourth-order valence-corrected chi connectivity index (χ4v) is 27.1. The molecule has 464 valence electrons. The zero-order valence-electron chi connectivity index (χ0n) is 55.1. The van der Waals surface area contributed by atoms with Gasteiger partial charge in [-0.05, 0) is 199 Å². The van der Waals surface area contributed by atoms with E-state index in [0.717, 1.165) is 0 Å². The van der Waals surface area contributed by atoms with Crippen LogP contribution in [0.5, 0.6) is 0 Å². The van der Waals surface area contributed by atoms with Crippen LogP contribution in [0.25, 0.3) is 89.0 Å². The molecule has 8 aliphatic carbocycles. The van der Waals surface area contributed by atoms with Gasteiger partial charge in [0.15, 0.2) is 8.07 Å². The zero-order chi connectivity index (χ0) is 65.7. The van der Waals surface area contributed by atoms with Crippen molar-refractivity contribution in [3.05, 3.63) is 453 Å². The quantitative estimate of drug-likeness (QED) is 0.122. The fraction of sp³-hybridized carbons (Fsp3) is 0.0400. The van der Waals surface area contributed by atoms with Gasteiger partial charge in [-0.3, -0.25) is 0 Å². The molecule has 8 aliphatic rings. The van der Waals surface area contributed by atoms with Gasteiger partial charge >= 0.3 is 0 Å². The molecule has 0 atom stereocenters. The summed E-state index contributed by atoms with van der Waals surface area (Å²) in [6.45, 7) is 0. The van der Waals surface area contributed by atoms with Crippen molar-refractivity contribution in [2.75, 3.05) is 0 Å². The molecule has 24 rings (SSSR count). The molecule has 16 aromatic rings. The lowest BCUT2D eigenvalue weighted by Gasteiger charge is -2.39. The van der Waals surface area contributed by atoms with Gasteiger partial charge in [0.1, 0.15) is 0 Å². The molecule has 4 spiro atoms. The number of benzene rings is 16. The van der Waals surface area contributed by atoms with E-state index in [1.54, 1.807) is 0 Å². The van der Waals surface area contributed by atoms with E-state index in [1.165, 1.54) is 199 Å². The first-order chi connectivity index (χ1) is 50.1. The van der Waals surface area contributed by atoms with E-state index >= 15 is 0 Å². The zero-order valence-corrected chi connectivity index (χ0v) is 56.1. The second-order valence-corrected chi connectivity index (χ2v) is 33.1. The Hall–Kier alpha value is -12.3. The summed E-state index contributed by atoms with van der Waals surface area (Å²) in [7, 11) is -3.89. The molecule has 0 saturated carbocycles. The average Bonchev–Trinajstić information content (AvgIpc) is 1.54. The summed E-state index contributed by atoms with van der Waals surface area (Å²) in [6.07, 6.45) is 0. The predicted molar refractivity (Wildman–Crippen MR) is 415 cm³/mol. The van der Waals surface area contributed by atoms with Crippen LogP contribution >= 0.6 is 0 Å². The summed E-state index contributed by atoms with van der Waals surface area (Å²) in [5, 5.41) is 5.43. The normalized spacial score (nSPS) is 15.4. The van der Waals surface area contributed by atoms with Crippen LogP contribution in [0.15, 0.2) is 364 Å². The number of fused-ring (bicyclic) bond motifs is 40. The van der Waals surface area contributed by atoms with Crippen LogP contribution in [0.4, 0.5) is 0 Å². The summed E-state index contributed by atoms with van der Waals surface area (Å²) >= 11 is 0. The largest absolute Gasteiger partial charge is 0.179 e. The smallest absolute Gasteiger partial charge is 0.0619 e. The van der Waals surface area contributed by atoms with Gasteiger partial charge in [0.2, 0.25) is 0 Å². The third-order valence-corrected chi connectivity index (χ3v) is 30.4. The Kier molecular flexibility index (Phi) is 10.4. The van der Waals surface area contributed by atoms with Crippen molar-refractivity contribution in [2.45, 2.75) is 21.7 Å². The van der Waals surface area contributed by atoms with E-state index in [4.69, 9.17) is 0 Å². The van der Waals surface area contributed by atoms with Crippen molar-refractivity contribution in [1.82, 2.24) is 0 Å². The molecule has 0 aromatic heterocycles. The number of rotatable bonds is 4. The van der Waals surface area contributed by atoms with Crippen molar-refractivity contribution in [1.29, 1.82) is 0 Å². The van der Waals surface area contributed by atoms with E-state index in [1.807, 2.05) is 0 Å². The minimum atomic E-state index is -3.89. The minimum absolute atomic E-state index is 0.599. The highest BCUT2D eigenvalue weighted by molar-refractivity contribution is 7.20. The van der Waals surface area contributed by atoms with Crippen LogP contribution in [0.3, 0.4) is 0 Å². The second kappa shape index (κ2) is 19.1. The molecule has 0 bridgehead atoms. The van der Waals surface area contributed by atoms with Crippen LogP contribution in [0.1, 0.15) is 89.0 Å². The van der Waals surface area contributed by atoms with Crippen molar-refractivity contribution in [3.8, 4) is 89.0 Å². The molecule has 0 saturated heterocycles. The first-order valence-electron chi connectivity index (χ1n) is 35.9. The molecule has 1 heteroatoms. The third-order valence-electron chi connectivity index (χ3n) is 25.7. The molecule has 0 radical (unpaired) electrons. The van der Waals surface area contributed by atoms with Crippen LogP contribution in [-0.2, 0) is 21.7 Å². The lowest BCUT2D eigenvalue weighted by Crippen LogP contribution is -2.75. The molecule has 0 N–H and O–H groups in total. The van der Waals surface area contributed by atoms with Crippen LogP contribution in [-0.4, -0.2) is 8.07 Å². The third kappa shape index (κ3) is 6.15. The maximum Gasteiger partial charge on any atom is 0.179 e. The van der Waals surface area contributed by atoms with Gasteiger partial charge in [0.05, 0.1) is 21.7 Å². The predicted octanol–water partition coefficient (Wildman–Crippen LogP) is 20.4. The SMILES string of the molecule is c1ccc2c(c1)-c1ccccc1C21c2ccccc2-c2ccc([Si](c3ccc4c(c3)C3(c5ccccc5-c5ccccc53)c3ccccc3-4)(c3ccc4c(c3)C3(c5ccccc5-c5ccccc53)c3ccccc3-4)c3ccc4c(c3)C3(c5ccccc5-c5ccccc53)c3ccccc3-4)cc21. The molecule has 16 aromatic carbocycles. The highest BCUT2D eigenvalue weighted by Crippen LogP contribution is 2.68. The van der Waals surface area contributed by atoms with Crippen molar-refractivity contribution >= 4 is 28.8 Å². The summed E-state index contributed by atoms with van der Waals surface area (Å²) in [4.78, 5) is 0. The summed E-state index contributed by atoms with van der Waals surface area (Å²) in [6, 6.07) is 144. The van der Waals surface area contributed by atoms with Gasteiger partial charge in [-0.25, -0.2) is 0 Å². The van der Waals surface area contributed by atoms with Gasteiger partial charge < -0.3 is 0 Å². The van der Waals surface area contributed by atoms with Crippen molar-refractivity contribution in [3.63, 3.8) is 0 Å². The molecule has 0 unspecified atom stereocenters. The summed E-state index contributed by atoms with van der Waals surface area (Å²) < 4.78 is 0. The van der Waals surface area contributed by atoms with Crippen LogP contribution in [0.2, 0.25) is 0 Å². The molecule has 101 heavy (non-hydrogen) atoms. The Balaban J connectivity index is 0.893. The van der Waals surface area contributed by atoms with Gasteiger partial charge in [-0.2, -0.15) is 0 Å². The highest BCUT2D eigenvalue weighted by Gasteiger charge is 2.59. The van der Waals surface area contributed by atoms with Gasteiger partial charge in [0, 0.05) is 0 Å². The van der Waals surface area contributed by atoms with E-state index in [2.05, 4.69) is 364 Å². The Morgan fingerprint density at radius 1 is 0.119 bits per heavy atom. The Morgan fingerprint density at radius 3 is 0.376 bits per heavy atom. The van der Waals surface area contributed by atoms with E-state index in [0.29, 0.717) is 0 Å². The topological polar surface area (TPSA) is 0 Å². The van der Waals surface area contributed by atoms with Gasteiger partial charge in [-0.1, -0.05) is 364 Å². The lowest BCUT2D eigenvalue weighted by atomic mass is 9.70. The van der Waals surface area contributed by atoms with Gasteiger partial charge in [0.25, 0.3) is 0 Å². The van der Waals surface area contributed by atoms with Crippen molar-refractivity contribution in [2.24, 2.45) is 0 Å². The van der Waals surface area contributed by atoms with Crippen molar-refractivity contribution < 1.29 is 0 Å². The Labute approximate surface area is 588 Å². The monoisotopic (exact) mass is 1290 g/mol. The highest BCUT2D eigenvalue weighted by atomic mass is 28.3. The Morgan fingerprint density at radius 2 is 0.238 bits per heavy atom. The fourth-order valence-electron chi connectivity index (χ4n) is 22.3. The molecule has 0 fully saturated rings. The van der Waals surface area contributed by atoms with Crippen LogP contribution < -0.4 is 20.7 Å². The maximum atomic E-state index is 2.79. The second-order valence-electron chi connectivity index (χ2n) is 29.3. The van der Waals surface area contributed by atoms with Crippen LogP contribution in [0, 0.1) is 0 Å². The Bertz CT molecular complexity index is 5410. The summed E-state index contributed by atoms with van der Waals surface area (Å²) in [5.74, 6) is 0. The van der Waals surface area contributed by atoms with E-state index in [-0.39, 0.29) is 0 Å². The minimum Gasteiger partial charge on any atom is -0.0619 e. The molecular formula is C100H60Si. The molecule has 0 nitrogen and oxygen atoms in total. The molecular weight excluding hydrogens is 1230 g/mol.